The lowest BCUT2D eigenvalue weighted by molar-refractivity contribution is -0.137. The van der Waals surface area contributed by atoms with E-state index in [0.717, 1.165) is 23.1 Å². The Morgan fingerprint density at radius 3 is 2.58 bits per heavy atom. The van der Waals surface area contributed by atoms with Gasteiger partial charge in [0.05, 0.1) is 6.54 Å². The maximum atomic E-state index is 10.5. The van der Waals surface area contributed by atoms with Gasteiger partial charge in [-0.05, 0) is 47.7 Å². The van der Waals surface area contributed by atoms with Crippen molar-refractivity contribution in [3.05, 3.63) is 59.7 Å². The fourth-order valence-electron chi connectivity index (χ4n) is 2.66. The fraction of sp³-hybridized carbons (Fsp3) is 0.263. The highest BCUT2D eigenvalue weighted by atomic mass is 16.4. The Morgan fingerprint density at radius 1 is 1.04 bits per heavy atom. The lowest BCUT2D eigenvalue weighted by atomic mass is 10.0. The van der Waals surface area contributed by atoms with Crippen molar-refractivity contribution < 1.29 is 15.0 Å². The van der Waals surface area contributed by atoms with Crippen molar-refractivity contribution in [1.82, 2.24) is 20.2 Å². The first-order chi connectivity index (χ1) is 12.6. The smallest absolute Gasteiger partial charge is 0.303 e. The van der Waals surface area contributed by atoms with Crippen LogP contribution in [-0.4, -0.2) is 36.4 Å². The van der Waals surface area contributed by atoms with Gasteiger partial charge < -0.3 is 10.2 Å². The molecule has 0 saturated heterocycles. The van der Waals surface area contributed by atoms with Crippen LogP contribution in [0.1, 0.15) is 30.4 Å². The molecular weight excluding hydrogens is 332 g/mol. The van der Waals surface area contributed by atoms with Gasteiger partial charge in [0.15, 0.2) is 0 Å². The van der Waals surface area contributed by atoms with E-state index in [2.05, 4.69) is 15.4 Å². The van der Waals surface area contributed by atoms with Gasteiger partial charge in [0.1, 0.15) is 5.75 Å². The number of aryl methyl sites for hydroxylation is 1. The molecule has 0 bridgehead atoms. The summed E-state index contributed by atoms with van der Waals surface area (Å²) in [5.74, 6) is 0.0264. The molecule has 3 rings (SSSR count). The standard InChI is InChI=1S/C19H20N4O3/c24-17-5-3-4-15(13-17)12-14-7-9-16(10-8-14)19-20-22-23(21-19)11-2-1-6-18(25)26/h3-5,7-10,13,24H,1-2,6,11-12H2,(H,25,26). The normalized spacial score (nSPS) is 10.8. The first-order valence-corrected chi connectivity index (χ1v) is 8.47. The molecule has 3 aromatic rings. The molecule has 0 aliphatic carbocycles. The van der Waals surface area contributed by atoms with E-state index in [1.54, 1.807) is 12.1 Å². The summed E-state index contributed by atoms with van der Waals surface area (Å²) in [6, 6.07) is 15.1. The molecule has 134 valence electrons. The zero-order chi connectivity index (χ0) is 18.4. The van der Waals surface area contributed by atoms with Crippen LogP contribution in [0, 0.1) is 0 Å². The molecule has 0 atom stereocenters. The minimum absolute atomic E-state index is 0.155. The van der Waals surface area contributed by atoms with E-state index in [1.165, 1.54) is 4.80 Å². The van der Waals surface area contributed by atoms with Gasteiger partial charge in [-0.2, -0.15) is 4.80 Å². The molecule has 26 heavy (non-hydrogen) atoms. The second kappa shape index (κ2) is 8.24. The number of aromatic nitrogens is 4. The second-order valence-corrected chi connectivity index (χ2v) is 6.10. The summed E-state index contributed by atoms with van der Waals surface area (Å²) in [4.78, 5) is 12.0. The van der Waals surface area contributed by atoms with Crippen molar-refractivity contribution in [1.29, 1.82) is 0 Å². The van der Waals surface area contributed by atoms with Crippen LogP contribution in [0.25, 0.3) is 11.4 Å². The Balaban J connectivity index is 1.59. The van der Waals surface area contributed by atoms with Crippen LogP contribution in [0.4, 0.5) is 0 Å². The van der Waals surface area contributed by atoms with Crippen molar-refractivity contribution in [2.75, 3.05) is 0 Å². The summed E-state index contributed by atoms with van der Waals surface area (Å²) in [6.45, 7) is 0.551. The van der Waals surface area contributed by atoms with E-state index in [1.807, 2.05) is 36.4 Å². The van der Waals surface area contributed by atoms with Gasteiger partial charge in [-0.3, -0.25) is 4.79 Å². The summed E-state index contributed by atoms with van der Waals surface area (Å²) < 4.78 is 0. The molecule has 2 aromatic carbocycles. The molecule has 0 aliphatic heterocycles. The van der Waals surface area contributed by atoms with E-state index in [9.17, 15) is 9.90 Å². The average Bonchev–Trinajstić information content (AvgIpc) is 3.08. The van der Waals surface area contributed by atoms with Gasteiger partial charge in [0.25, 0.3) is 0 Å². The van der Waals surface area contributed by atoms with E-state index >= 15 is 0 Å². The summed E-state index contributed by atoms with van der Waals surface area (Å²) in [7, 11) is 0. The number of hydrogen-bond donors (Lipinski definition) is 2. The number of aliphatic carboxylic acids is 1. The molecule has 7 heteroatoms. The maximum absolute atomic E-state index is 10.5. The third kappa shape index (κ3) is 4.89. The molecule has 1 aromatic heterocycles. The number of carboxylic acid groups (broad SMARTS) is 1. The number of phenols is 1. The molecule has 0 spiro atoms. The molecular formula is C19H20N4O3. The van der Waals surface area contributed by atoms with E-state index in [4.69, 9.17) is 5.11 Å². The number of carboxylic acids is 1. The van der Waals surface area contributed by atoms with Gasteiger partial charge in [-0.15, -0.1) is 10.2 Å². The van der Waals surface area contributed by atoms with Crippen molar-refractivity contribution >= 4 is 5.97 Å². The van der Waals surface area contributed by atoms with Gasteiger partial charge in [0.2, 0.25) is 5.82 Å². The Bertz CT molecular complexity index is 875. The number of hydrogen-bond acceptors (Lipinski definition) is 5. The van der Waals surface area contributed by atoms with Crippen LogP contribution >= 0.6 is 0 Å². The van der Waals surface area contributed by atoms with Crippen LogP contribution in [0.3, 0.4) is 0 Å². The monoisotopic (exact) mass is 352 g/mol. The SMILES string of the molecule is O=C(O)CCCCn1nnc(-c2ccc(Cc3cccc(O)c3)cc2)n1. The van der Waals surface area contributed by atoms with Gasteiger partial charge >= 0.3 is 5.97 Å². The minimum atomic E-state index is -0.789. The molecule has 0 amide bonds. The average molecular weight is 352 g/mol. The topological polar surface area (TPSA) is 101 Å². The Labute approximate surface area is 150 Å². The third-order valence-electron chi connectivity index (χ3n) is 3.98. The molecule has 2 N–H and O–H groups in total. The van der Waals surface area contributed by atoms with Gasteiger partial charge in [-0.25, -0.2) is 0 Å². The molecule has 0 radical (unpaired) electrons. The quantitative estimate of drug-likeness (QED) is 0.605. The Hall–Kier alpha value is -3.22. The number of benzene rings is 2. The van der Waals surface area contributed by atoms with E-state index in [0.29, 0.717) is 25.2 Å². The van der Waals surface area contributed by atoms with Crippen molar-refractivity contribution in [3.8, 4) is 17.1 Å². The number of carbonyl (C=O) groups is 1. The fourth-order valence-corrected chi connectivity index (χ4v) is 2.66. The third-order valence-corrected chi connectivity index (χ3v) is 3.98. The molecule has 0 unspecified atom stereocenters. The minimum Gasteiger partial charge on any atom is -0.508 e. The number of nitrogens with zero attached hydrogens (tertiary/aromatic N) is 4. The highest BCUT2D eigenvalue weighted by molar-refractivity contribution is 5.66. The van der Waals surface area contributed by atoms with Crippen LogP contribution in [0.5, 0.6) is 5.75 Å². The lowest BCUT2D eigenvalue weighted by Crippen LogP contribution is -2.04. The Morgan fingerprint density at radius 2 is 1.85 bits per heavy atom. The van der Waals surface area contributed by atoms with Crippen LogP contribution in [0.2, 0.25) is 0 Å². The lowest BCUT2D eigenvalue weighted by Gasteiger charge is -2.03. The number of unbranched alkanes of at least 4 members (excludes halogenated alkanes) is 1. The largest absolute Gasteiger partial charge is 0.508 e. The molecule has 0 saturated carbocycles. The van der Waals surface area contributed by atoms with Gasteiger partial charge in [-0.1, -0.05) is 36.4 Å². The molecule has 1 heterocycles. The summed E-state index contributed by atoms with van der Waals surface area (Å²) in [5.41, 5.74) is 3.05. The van der Waals surface area contributed by atoms with Crippen molar-refractivity contribution in [3.63, 3.8) is 0 Å². The maximum Gasteiger partial charge on any atom is 0.303 e. The first kappa shape index (κ1) is 17.6. The second-order valence-electron chi connectivity index (χ2n) is 6.10. The predicted molar refractivity (Wildman–Crippen MR) is 95.7 cm³/mol. The number of aromatic hydroxyl groups is 1. The Kier molecular flexibility index (Phi) is 5.58. The summed E-state index contributed by atoms with van der Waals surface area (Å²) in [5, 5.41) is 30.6. The van der Waals surface area contributed by atoms with E-state index in [-0.39, 0.29) is 12.2 Å². The summed E-state index contributed by atoms with van der Waals surface area (Å²) >= 11 is 0. The van der Waals surface area contributed by atoms with Crippen molar-refractivity contribution in [2.24, 2.45) is 0 Å². The zero-order valence-electron chi connectivity index (χ0n) is 14.2. The van der Waals surface area contributed by atoms with Crippen LogP contribution < -0.4 is 0 Å². The van der Waals surface area contributed by atoms with Crippen LogP contribution in [-0.2, 0) is 17.8 Å². The van der Waals surface area contributed by atoms with Gasteiger partial charge in [0, 0.05) is 12.0 Å². The van der Waals surface area contributed by atoms with Crippen molar-refractivity contribution in [2.45, 2.75) is 32.2 Å². The number of tetrazole rings is 1. The predicted octanol–water partition coefficient (Wildman–Crippen LogP) is 2.89. The van der Waals surface area contributed by atoms with Crippen LogP contribution in [0.15, 0.2) is 48.5 Å². The molecule has 7 nitrogen and oxygen atoms in total. The first-order valence-electron chi connectivity index (χ1n) is 8.47. The molecule has 0 aliphatic rings. The highest BCUT2D eigenvalue weighted by Gasteiger charge is 2.07. The number of rotatable bonds is 8. The summed E-state index contributed by atoms with van der Waals surface area (Å²) in [6.07, 6.45) is 2.18. The van der Waals surface area contributed by atoms with E-state index < -0.39 is 5.97 Å². The molecule has 0 fully saturated rings. The zero-order valence-corrected chi connectivity index (χ0v) is 14.2. The number of phenolic OH excluding ortho intramolecular Hbond substituents is 1. The highest BCUT2D eigenvalue weighted by Crippen LogP contribution is 2.18.